The molecule has 0 aliphatic rings. The molecule has 0 fully saturated rings. The van der Waals surface area contributed by atoms with Gasteiger partial charge in [-0.25, -0.2) is 0 Å². The Labute approximate surface area is 184 Å². The van der Waals surface area contributed by atoms with Crippen molar-refractivity contribution in [3.63, 3.8) is 0 Å². The number of hydrogen-bond donors (Lipinski definition) is 0. The summed E-state index contributed by atoms with van der Waals surface area (Å²) >= 11 is 0. The molecule has 0 unspecified atom stereocenters. The largest absolute Gasteiger partial charge is 0.0683 e. The van der Waals surface area contributed by atoms with Gasteiger partial charge in [-0.15, -0.1) is 0 Å². The molecule has 0 aliphatic carbocycles. The molecule has 0 N–H and O–H groups in total. The molecule has 0 amide bonds. The molecule has 4 rings (SSSR count). The third-order valence-electron chi connectivity index (χ3n) is 5.59. The molecule has 0 heterocycles. The molecule has 0 radical (unpaired) electrons. The van der Waals surface area contributed by atoms with Crippen molar-refractivity contribution in [2.45, 2.75) is 67.2 Å². The van der Waals surface area contributed by atoms with E-state index in [-0.39, 0.29) is 0 Å². The molecule has 0 saturated carbocycles. The van der Waals surface area contributed by atoms with Crippen LogP contribution in [0, 0.1) is 13.8 Å². The number of aryl methyl sites for hydroxylation is 2. The molecule has 4 aromatic carbocycles. The van der Waals surface area contributed by atoms with Crippen molar-refractivity contribution in [3.8, 4) is 0 Å². The average Bonchev–Trinajstić information content (AvgIpc) is 2.76. The molecular weight excluding hydrogens is 360 g/mol. The molecular formula is C30H38. The Morgan fingerprint density at radius 3 is 1.80 bits per heavy atom. The number of benzene rings is 4. The monoisotopic (exact) mass is 398 g/mol. The lowest BCUT2D eigenvalue weighted by molar-refractivity contribution is 0.869. The average molecular weight is 399 g/mol. The van der Waals surface area contributed by atoms with E-state index < -0.39 is 0 Å². The maximum Gasteiger partial charge on any atom is -0.0147 e. The van der Waals surface area contributed by atoms with Crippen molar-refractivity contribution < 1.29 is 0 Å². The highest BCUT2D eigenvalue weighted by molar-refractivity contribution is 5.89. The van der Waals surface area contributed by atoms with Crippen LogP contribution in [-0.4, -0.2) is 0 Å². The molecule has 0 saturated heterocycles. The lowest BCUT2D eigenvalue weighted by atomic mass is 9.94. The summed E-state index contributed by atoms with van der Waals surface area (Å²) in [7, 11) is 0. The van der Waals surface area contributed by atoms with Crippen LogP contribution in [0.3, 0.4) is 0 Å². The fourth-order valence-electron chi connectivity index (χ4n) is 3.80. The van der Waals surface area contributed by atoms with Gasteiger partial charge in [-0.05, 0) is 69.5 Å². The van der Waals surface area contributed by atoms with Gasteiger partial charge in [0.15, 0.2) is 0 Å². The van der Waals surface area contributed by atoms with E-state index in [0.717, 1.165) is 0 Å². The standard InChI is InChI=1S/2C14H16.C2H6/c1-10(2)12-7-8-14-11(3)5-4-6-13(14)9-12;1-10(2)12-9-8-11(3)13-6-4-5-7-14(12)13;1-2/h2*4-10H,1-3H3;1-2H3. The summed E-state index contributed by atoms with van der Waals surface area (Å²) in [4.78, 5) is 0. The minimum atomic E-state index is 0.598. The Hall–Kier alpha value is -2.60. The second-order valence-corrected chi connectivity index (χ2v) is 8.38. The highest BCUT2D eigenvalue weighted by atomic mass is 14.1. The molecule has 0 heteroatoms. The summed E-state index contributed by atoms with van der Waals surface area (Å²) in [5.74, 6) is 1.21. The summed E-state index contributed by atoms with van der Waals surface area (Å²) < 4.78 is 0. The first-order chi connectivity index (χ1) is 14.4. The Balaban J connectivity index is 0.000000197. The maximum absolute atomic E-state index is 2.30. The predicted molar refractivity (Wildman–Crippen MR) is 137 cm³/mol. The van der Waals surface area contributed by atoms with Crippen LogP contribution in [0.2, 0.25) is 0 Å². The van der Waals surface area contributed by atoms with Crippen LogP contribution >= 0.6 is 0 Å². The second kappa shape index (κ2) is 11.0. The zero-order valence-corrected chi connectivity index (χ0v) is 20.1. The van der Waals surface area contributed by atoms with Crippen molar-refractivity contribution in [2.24, 2.45) is 0 Å². The Kier molecular flexibility index (Phi) is 8.66. The van der Waals surface area contributed by atoms with Gasteiger partial charge < -0.3 is 0 Å². The topological polar surface area (TPSA) is 0 Å². The predicted octanol–water partition coefficient (Wildman–Crippen LogP) is 9.57. The summed E-state index contributed by atoms with van der Waals surface area (Å²) in [6.45, 7) is 17.3. The fourth-order valence-corrected chi connectivity index (χ4v) is 3.80. The Morgan fingerprint density at radius 1 is 0.533 bits per heavy atom. The second-order valence-electron chi connectivity index (χ2n) is 8.38. The Bertz CT molecular complexity index is 1080. The van der Waals surface area contributed by atoms with Crippen LogP contribution in [0.5, 0.6) is 0 Å². The zero-order chi connectivity index (χ0) is 22.3. The lowest BCUT2D eigenvalue weighted by Gasteiger charge is -2.11. The van der Waals surface area contributed by atoms with Crippen molar-refractivity contribution in [2.75, 3.05) is 0 Å². The van der Waals surface area contributed by atoms with Gasteiger partial charge in [0, 0.05) is 0 Å². The van der Waals surface area contributed by atoms with E-state index in [1.165, 1.54) is 43.8 Å². The van der Waals surface area contributed by atoms with Crippen LogP contribution in [0.1, 0.15) is 75.6 Å². The van der Waals surface area contributed by atoms with Crippen LogP contribution < -0.4 is 0 Å². The third kappa shape index (κ3) is 5.51. The molecule has 0 aliphatic heterocycles. The van der Waals surface area contributed by atoms with E-state index in [1.54, 1.807) is 0 Å². The number of fused-ring (bicyclic) bond motifs is 2. The van der Waals surface area contributed by atoms with Crippen LogP contribution in [0.4, 0.5) is 0 Å². The number of rotatable bonds is 2. The van der Waals surface area contributed by atoms with Crippen molar-refractivity contribution in [1.82, 2.24) is 0 Å². The zero-order valence-electron chi connectivity index (χ0n) is 20.1. The van der Waals surface area contributed by atoms with Gasteiger partial charge in [0.2, 0.25) is 0 Å². The van der Waals surface area contributed by atoms with E-state index >= 15 is 0 Å². The minimum absolute atomic E-state index is 0.598. The van der Waals surface area contributed by atoms with Gasteiger partial charge >= 0.3 is 0 Å². The Morgan fingerprint density at radius 2 is 1.17 bits per heavy atom. The third-order valence-corrected chi connectivity index (χ3v) is 5.59. The maximum atomic E-state index is 2.30. The van der Waals surface area contributed by atoms with E-state index in [1.807, 2.05) is 13.8 Å². The molecule has 30 heavy (non-hydrogen) atoms. The summed E-state index contributed by atoms with van der Waals surface area (Å²) in [5.41, 5.74) is 5.59. The molecule has 158 valence electrons. The summed E-state index contributed by atoms with van der Waals surface area (Å²) in [6.07, 6.45) is 0. The SMILES string of the molecule is CC.Cc1ccc(C(C)C)c2ccccc12.Cc1cccc2cc(C(C)C)ccc12. The normalized spacial score (nSPS) is 10.6. The van der Waals surface area contributed by atoms with Crippen LogP contribution in [-0.2, 0) is 0 Å². The van der Waals surface area contributed by atoms with E-state index in [9.17, 15) is 0 Å². The minimum Gasteiger partial charge on any atom is -0.0683 e. The molecule has 0 aromatic heterocycles. The first kappa shape index (κ1) is 23.7. The summed E-state index contributed by atoms with van der Waals surface area (Å²) in [5, 5.41) is 5.52. The van der Waals surface area contributed by atoms with Gasteiger partial charge in [0.25, 0.3) is 0 Å². The number of hydrogen-bond acceptors (Lipinski definition) is 0. The first-order valence-corrected chi connectivity index (χ1v) is 11.4. The molecule has 0 atom stereocenters. The van der Waals surface area contributed by atoms with Gasteiger partial charge in [-0.1, -0.05) is 114 Å². The van der Waals surface area contributed by atoms with Crippen molar-refractivity contribution in [3.05, 3.63) is 95.1 Å². The van der Waals surface area contributed by atoms with Crippen LogP contribution in [0.15, 0.2) is 72.8 Å². The van der Waals surface area contributed by atoms with E-state index in [4.69, 9.17) is 0 Å². The molecule has 0 spiro atoms. The van der Waals surface area contributed by atoms with Gasteiger partial charge in [-0.3, -0.25) is 0 Å². The summed E-state index contributed by atoms with van der Waals surface area (Å²) in [6, 6.07) is 26.4. The van der Waals surface area contributed by atoms with Crippen molar-refractivity contribution in [1.29, 1.82) is 0 Å². The fraction of sp³-hybridized carbons (Fsp3) is 0.333. The lowest BCUT2D eigenvalue weighted by Crippen LogP contribution is -1.90. The quantitative estimate of drug-likeness (QED) is 0.315. The highest BCUT2D eigenvalue weighted by Gasteiger charge is 2.05. The van der Waals surface area contributed by atoms with Gasteiger partial charge in [-0.2, -0.15) is 0 Å². The smallest absolute Gasteiger partial charge is 0.0147 e. The molecule has 0 nitrogen and oxygen atoms in total. The molecule has 4 aromatic rings. The molecule has 0 bridgehead atoms. The van der Waals surface area contributed by atoms with Crippen molar-refractivity contribution >= 4 is 21.5 Å². The van der Waals surface area contributed by atoms with E-state index in [2.05, 4.69) is 114 Å². The van der Waals surface area contributed by atoms with Gasteiger partial charge in [0.1, 0.15) is 0 Å². The highest BCUT2D eigenvalue weighted by Crippen LogP contribution is 2.27. The van der Waals surface area contributed by atoms with Gasteiger partial charge in [0.05, 0.1) is 0 Å². The van der Waals surface area contributed by atoms with Crippen LogP contribution in [0.25, 0.3) is 21.5 Å². The first-order valence-electron chi connectivity index (χ1n) is 11.4. The van der Waals surface area contributed by atoms with E-state index in [0.29, 0.717) is 11.8 Å².